The van der Waals surface area contributed by atoms with Crippen LogP contribution in [0.4, 0.5) is 5.69 Å². The van der Waals surface area contributed by atoms with Crippen LogP contribution in [-0.2, 0) is 0 Å². The van der Waals surface area contributed by atoms with E-state index in [1.54, 1.807) is 17.8 Å². The Morgan fingerprint density at radius 1 is 1.07 bits per heavy atom. The molecular weight excluding hydrogens is 524 g/mol. The third-order valence-corrected chi connectivity index (χ3v) is 10.1. The Hall–Kier alpha value is -3.84. The number of hydrogen-bond donors (Lipinski definition) is 2. The fourth-order valence-corrected chi connectivity index (χ4v) is 7.79. The van der Waals surface area contributed by atoms with Crippen LogP contribution in [0.15, 0.2) is 67.0 Å². The van der Waals surface area contributed by atoms with Crippen molar-refractivity contribution in [3.05, 3.63) is 83.7 Å². The Labute approximate surface area is 247 Å². The van der Waals surface area contributed by atoms with Crippen LogP contribution >= 0.6 is 0 Å². The number of likely N-dealkylation sites (tertiary alicyclic amines) is 1. The number of aromatic carboxylic acids is 1. The Morgan fingerprint density at radius 2 is 1.88 bits per heavy atom. The van der Waals surface area contributed by atoms with Gasteiger partial charge in [0.2, 0.25) is 0 Å². The summed E-state index contributed by atoms with van der Waals surface area (Å²) in [4.78, 5) is 24.7. The third-order valence-electron chi connectivity index (χ3n) is 10.1. The largest absolute Gasteiger partial charge is 0.478 e. The molecule has 3 fully saturated rings. The number of rotatable bonds is 7. The molecule has 0 bridgehead atoms. The van der Waals surface area contributed by atoms with Crippen LogP contribution in [-0.4, -0.2) is 51.6 Å². The van der Waals surface area contributed by atoms with Gasteiger partial charge in [-0.1, -0.05) is 38.1 Å². The predicted molar refractivity (Wildman–Crippen MR) is 166 cm³/mol. The maximum absolute atomic E-state index is 12.0. The van der Waals surface area contributed by atoms with E-state index in [1.807, 2.05) is 30.5 Å². The topological polar surface area (TPSA) is 81.7 Å². The third kappa shape index (κ3) is 4.94. The first-order valence-corrected chi connectivity index (χ1v) is 15.5. The Morgan fingerprint density at radius 3 is 2.67 bits per heavy atom. The Balaban J connectivity index is 1.02. The highest BCUT2D eigenvalue weighted by molar-refractivity contribution is 5.92. The van der Waals surface area contributed by atoms with Gasteiger partial charge in [-0.25, -0.2) is 9.78 Å². The van der Waals surface area contributed by atoms with Crippen LogP contribution < -0.4 is 9.64 Å². The minimum Gasteiger partial charge on any atom is -0.478 e. The molecule has 7 heteroatoms. The summed E-state index contributed by atoms with van der Waals surface area (Å²) in [6.45, 7) is 7.81. The summed E-state index contributed by atoms with van der Waals surface area (Å²) in [5.74, 6) is 0.427. The van der Waals surface area contributed by atoms with E-state index < -0.39 is 5.97 Å². The van der Waals surface area contributed by atoms with Crippen molar-refractivity contribution in [2.24, 2.45) is 5.41 Å². The SMILES string of the molecule is CC(C)c1ccccc1[C@@H]1CCCN1C1CC2(CCN(c3ccc(C(=O)O)c(Oc4cnc5[nH]ccc5c4)c3)CC2)C1. The highest BCUT2D eigenvalue weighted by Gasteiger charge is 2.50. The van der Waals surface area contributed by atoms with Gasteiger partial charge in [-0.2, -0.15) is 0 Å². The van der Waals surface area contributed by atoms with Crippen molar-refractivity contribution >= 4 is 22.7 Å². The monoisotopic (exact) mass is 564 g/mol. The number of hydrogen-bond acceptors (Lipinski definition) is 5. The van der Waals surface area contributed by atoms with E-state index in [0.29, 0.717) is 34.9 Å². The number of anilines is 1. The highest BCUT2D eigenvalue weighted by Crippen LogP contribution is 2.54. The molecule has 7 nitrogen and oxygen atoms in total. The molecule has 4 heterocycles. The van der Waals surface area contributed by atoms with Gasteiger partial charge in [-0.15, -0.1) is 0 Å². The molecule has 1 atom stereocenters. The van der Waals surface area contributed by atoms with Gasteiger partial charge in [0.15, 0.2) is 0 Å². The van der Waals surface area contributed by atoms with Crippen LogP contribution in [0, 0.1) is 5.41 Å². The number of aromatic nitrogens is 2. The van der Waals surface area contributed by atoms with Crippen LogP contribution in [0.3, 0.4) is 0 Å². The summed E-state index contributed by atoms with van der Waals surface area (Å²) in [5, 5.41) is 10.7. The lowest BCUT2D eigenvalue weighted by Crippen LogP contribution is -2.54. The molecule has 0 radical (unpaired) electrons. The number of aromatic amines is 1. The van der Waals surface area contributed by atoms with Crippen LogP contribution in [0.1, 0.15) is 85.8 Å². The number of carboxylic acids is 1. The molecule has 42 heavy (non-hydrogen) atoms. The molecule has 7 rings (SSSR count). The first kappa shape index (κ1) is 27.0. The Kier molecular flexibility index (Phi) is 6.93. The smallest absolute Gasteiger partial charge is 0.339 e. The molecule has 2 aromatic carbocycles. The number of piperidine rings is 1. The fourth-order valence-electron chi connectivity index (χ4n) is 7.79. The van der Waals surface area contributed by atoms with E-state index in [0.717, 1.165) is 29.8 Å². The molecule has 3 aliphatic rings. The Bertz CT molecular complexity index is 1590. The zero-order valence-electron chi connectivity index (χ0n) is 24.6. The highest BCUT2D eigenvalue weighted by atomic mass is 16.5. The number of fused-ring (bicyclic) bond motifs is 1. The predicted octanol–water partition coefficient (Wildman–Crippen LogP) is 7.76. The van der Waals surface area contributed by atoms with Crippen molar-refractivity contribution in [1.29, 1.82) is 0 Å². The van der Waals surface area contributed by atoms with Crippen molar-refractivity contribution in [3.63, 3.8) is 0 Å². The average Bonchev–Trinajstić information content (AvgIpc) is 3.65. The van der Waals surface area contributed by atoms with Crippen molar-refractivity contribution in [2.75, 3.05) is 24.5 Å². The quantitative estimate of drug-likeness (QED) is 0.239. The molecular formula is C35H40N4O3. The number of ether oxygens (including phenoxy) is 1. The molecule has 1 spiro atoms. The second-order valence-electron chi connectivity index (χ2n) is 12.9. The second-order valence-corrected chi connectivity index (χ2v) is 12.9. The van der Waals surface area contributed by atoms with Crippen molar-refractivity contribution in [3.8, 4) is 11.5 Å². The molecule has 4 aromatic rings. The molecule has 2 N–H and O–H groups in total. The molecule has 0 amide bonds. The van der Waals surface area contributed by atoms with Gasteiger partial charge < -0.3 is 19.7 Å². The number of benzene rings is 2. The maximum Gasteiger partial charge on any atom is 0.339 e. The van der Waals surface area contributed by atoms with Gasteiger partial charge in [-0.3, -0.25) is 4.90 Å². The van der Waals surface area contributed by atoms with Gasteiger partial charge in [-0.05, 0) is 91.8 Å². The van der Waals surface area contributed by atoms with Crippen LogP contribution in [0.25, 0.3) is 11.0 Å². The molecule has 0 unspecified atom stereocenters. The van der Waals surface area contributed by atoms with Gasteiger partial charge in [0.1, 0.15) is 22.7 Å². The number of carboxylic acid groups (broad SMARTS) is 1. The molecule has 1 saturated carbocycles. The van der Waals surface area contributed by atoms with Crippen LogP contribution in [0.5, 0.6) is 11.5 Å². The normalized spacial score (nSPS) is 20.8. The molecule has 2 aliphatic heterocycles. The van der Waals surface area contributed by atoms with E-state index >= 15 is 0 Å². The van der Waals surface area contributed by atoms with Gasteiger partial charge in [0.05, 0.1) is 6.20 Å². The summed E-state index contributed by atoms with van der Waals surface area (Å²) in [5.41, 5.74) is 5.44. The summed E-state index contributed by atoms with van der Waals surface area (Å²) >= 11 is 0. The second kappa shape index (κ2) is 10.8. The molecule has 2 saturated heterocycles. The van der Waals surface area contributed by atoms with E-state index in [9.17, 15) is 9.90 Å². The van der Waals surface area contributed by atoms with Gasteiger partial charge in [0.25, 0.3) is 0 Å². The summed E-state index contributed by atoms with van der Waals surface area (Å²) in [6, 6.07) is 19.6. The number of H-pyrrole nitrogens is 1. The number of pyridine rings is 1. The number of nitrogens with zero attached hydrogens (tertiary/aromatic N) is 3. The minimum atomic E-state index is -0.999. The lowest BCUT2D eigenvalue weighted by atomic mass is 9.59. The summed E-state index contributed by atoms with van der Waals surface area (Å²) < 4.78 is 6.10. The lowest BCUT2D eigenvalue weighted by molar-refractivity contribution is -0.0227. The van der Waals surface area contributed by atoms with E-state index in [-0.39, 0.29) is 5.56 Å². The number of nitrogens with one attached hydrogen (secondary N) is 1. The van der Waals surface area contributed by atoms with Crippen molar-refractivity contribution in [2.45, 2.75) is 70.4 Å². The van der Waals surface area contributed by atoms with Crippen molar-refractivity contribution in [1.82, 2.24) is 14.9 Å². The summed E-state index contributed by atoms with van der Waals surface area (Å²) in [6.07, 6.45) is 11.0. The van der Waals surface area contributed by atoms with Crippen molar-refractivity contribution < 1.29 is 14.6 Å². The van der Waals surface area contributed by atoms with E-state index in [4.69, 9.17) is 4.74 Å². The van der Waals surface area contributed by atoms with Gasteiger partial charge >= 0.3 is 5.97 Å². The first-order chi connectivity index (χ1) is 20.4. The maximum atomic E-state index is 12.0. The number of carbonyl (C=O) groups is 1. The van der Waals surface area contributed by atoms with E-state index in [2.05, 4.69) is 57.9 Å². The standard InChI is InChI=1S/C35H40N4O3/c1-23(2)28-6-3-4-7-29(28)31-8-5-15-39(31)26-20-35(21-26)12-16-38(17-13-35)25-9-10-30(34(40)41)32(19-25)42-27-18-24-11-14-36-33(24)37-22-27/h3-4,6-7,9-11,14,18-19,22-23,26,31H,5,8,12-13,15-17,20-21H2,1-2H3,(H,36,37)(H,40,41)/t31-/m0/s1. The van der Waals surface area contributed by atoms with Gasteiger partial charge in [0, 0.05) is 48.5 Å². The zero-order chi connectivity index (χ0) is 28.8. The zero-order valence-corrected chi connectivity index (χ0v) is 24.6. The van der Waals surface area contributed by atoms with Crippen LogP contribution in [0.2, 0.25) is 0 Å². The fraction of sp³-hybridized carbons (Fsp3) is 0.429. The van der Waals surface area contributed by atoms with E-state index in [1.165, 1.54) is 50.6 Å². The minimum absolute atomic E-state index is 0.155. The molecule has 2 aromatic heterocycles. The lowest BCUT2D eigenvalue weighted by Gasteiger charge is -2.56. The summed E-state index contributed by atoms with van der Waals surface area (Å²) in [7, 11) is 0. The first-order valence-electron chi connectivity index (χ1n) is 15.5. The average molecular weight is 565 g/mol. The molecule has 1 aliphatic carbocycles. The molecule has 218 valence electrons.